The van der Waals surface area contributed by atoms with E-state index in [0.717, 1.165) is 24.7 Å². The molecule has 2 rings (SSSR count). The van der Waals surface area contributed by atoms with Crippen LogP contribution in [0, 0.1) is 5.92 Å². The molecule has 1 unspecified atom stereocenters. The van der Waals surface area contributed by atoms with E-state index in [2.05, 4.69) is 16.8 Å². The average molecular weight is 249 g/mol. The summed E-state index contributed by atoms with van der Waals surface area (Å²) in [4.78, 5) is 6.96. The minimum Gasteiger partial charge on any atom is -0.388 e. The highest BCUT2D eigenvalue weighted by molar-refractivity contribution is 7.80. The first-order valence-corrected chi connectivity index (χ1v) is 6.58. The third-order valence-electron chi connectivity index (χ3n) is 3.38. The fourth-order valence-corrected chi connectivity index (χ4v) is 2.38. The molecular weight excluding hydrogens is 230 g/mol. The summed E-state index contributed by atoms with van der Waals surface area (Å²) in [5.41, 5.74) is 7.52. The van der Waals surface area contributed by atoms with Crippen molar-refractivity contribution in [2.75, 3.05) is 18.0 Å². The number of nitrogens with two attached hydrogens (primary N) is 1. The van der Waals surface area contributed by atoms with Gasteiger partial charge in [0.25, 0.3) is 0 Å². The molecule has 1 saturated heterocycles. The summed E-state index contributed by atoms with van der Waals surface area (Å²) in [6.45, 7) is 4.56. The normalized spacial score (nSPS) is 21.0. The molecule has 0 aromatic carbocycles. The average Bonchev–Trinajstić information content (AvgIpc) is 2.54. The maximum absolute atomic E-state index is 5.62. The van der Waals surface area contributed by atoms with Gasteiger partial charge >= 0.3 is 0 Å². The Morgan fingerprint density at radius 2 is 2.29 bits per heavy atom. The predicted octanol–water partition coefficient (Wildman–Crippen LogP) is 2.34. The monoisotopic (exact) mass is 249 g/mol. The van der Waals surface area contributed by atoms with Crippen LogP contribution in [0.3, 0.4) is 0 Å². The van der Waals surface area contributed by atoms with E-state index in [1.807, 2.05) is 12.1 Å². The molecule has 0 spiro atoms. The van der Waals surface area contributed by atoms with Crippen LogP contribution in [-0.4, -0.2) is 23.1 Å². The van der Waals surface area contributed by atoms with Gasteiger partial charge in [0.2, 0.25) is 0 Å². The molecule has 3 nitrogen and oxygen atoms in total. The van der Waals surface area contributed by atoms with E-state index in [4.69, 9.17) is 18.0 Å². The number of anilines is 1. The minimum absolute atomic E-state index is 0.370. The molecule has 1 aromatic heterocycles. The summed E-state index contributed by atoms with van der Waals surface area (Å²) in [6.07, 6.45) is 5.62. The Bertz CT molecular complexity index is 405. The second-order valence-corrected chi connectivity index (χ2v) is 5.23. The van der Waals surface area contributed by atoms with Crippen molar-refractivity contribution in [3.05, 3.63) is 24.0 Å². The van der Waals surface area contributed by atoms with E-state index in [1.54, 1.807) is 6.20 Å². The number of hydrogen-bond acceptors (Lipinski definition) is 3. The van der Waals surface area contributed by atoms with Gasteiger partial charge in [-0.25, -0.2) is 0 Å². The van der Waals surface area contributed by atoms with Gasteiger partial charge in [-0.15, -0.1) is 0 Å². The summed E-state index contributed by atoms with van der Waals surface area (Å²) in [7, 11) is 0. The molecule has 92 valence electrons. The molecule has 4 heteroatoms. The molecule has 0 amide bonds. The predicted molar refractivity (Wildman–Crippen MR) is 75.4 cm³/mol. The molecule has 0 saturated carbocycles. The van der Waals surface area contributed by atoms with Gasteiger partial charge in [-0.3, -0.25) is 4.98 Å². The molecular formula is C13H19N3S. The van der Waals surface area contributed by atoms with Crippen molar-refractivity contribution in [2.24, 2.45) is 11.7 Å². The van der Waals surface area contributed by atoms with Crippen molar-refractivity contribution in [2.45, 2.75) is 26.2 Å². The molecule has 0 bridgehead atoms. The molecule has 0 radical (unpaired) electrons. The Labute approximate surface area is 108 Å². The molecule has 2 heterocycles. The Hall–Kier alpha value is -1.16. The van der Waals surface area contributed by atoms with Gasteiger partial charge in [0.15, 0.2) is 0 Å². The van der Waals surface area contributed by atoms with Crippen molar-refractivity contribution in [1.82, 2.24) is 4.98 Å². The number of nitrogens with zero attached hydrogens (tertiary/aromatic N) is 2. The highest BCUT2D eigenvalue weighted by atomic mass is 32.1. The lowest BCUT2D eigenvalue weighted by Crippen LogP contribution is -2.24. The van der Waals surface area contributed by atoms with Gasteiger partial charge in [-0.1, -0.05) is 19.1 Å². The Morgan fingerprint density at radius 3 is 3.06 bits per heavy atom. The summed E-state index contributed by atoms with van der Waals surface area (Å²) in [5, 5.41) is 0. The van der Waals surface area contributed by atoms with Crippen LogP contribution in [0.2, 0.25) is 0 Å². The zero-order chi connectivity index (χ0) is 12.3. The third kappa shape index (κ3) is 3.16. The van der Waals surface area contributed by atoms with Crippen LogP contribution in [0.5, 0.6) is 0 Å². The fourth-order valence-electron chi connectivity index (χ4n) is 2.27. The zero-order valence-electron chi connectivity index (χ0n) is 10.2. The SMILES string of the molecule is CC1CCCN(c2ccnc(C(N)=S)c2)CC1. The van der Waals surface area contributed by atoms with Gasteiger partial charge < -0.3 is 10.6 Å². The van der Waals surface area contributed by atoms with E-state index in [9.17, 15) is 0 Å². The number of thiocarbonyl (C=S) groups is 1. The molecule has 1 aromatic rings. The van der Waals surface area contributed by atoms with Crippen LogP contribution < -0.4 is 10.6 Å². The van der Waals surface area contributed by atoms with Crippen molar-refractivity contribution >= 4 is 22.9 Å². The van der Waals surface area contributed by atoms with Crippen LogP contribution in [0.25, 0.3) is 0 Å². The van der Waals surface area contributed by atoms with Crippen LogP contribution in [0.4, 0.5) is 5.69 Å². The quantitative estimate of drug-likeness (QED) is 0.817. The highest BCUT2D eigenvalue weighted by Crippen LogP contribution is 2.22. The Kier molecular flexibility index (Phi) is 3.94. The summed E-state index contributed by atoms with van der Waals surface area (Å²) >= 11 is 4.97. The van der Waals surface area contributed by atoms with Crippen LogP contribution in [0.15, 0.2) is 18.3 Å². The van der Waals surface area contributed by atoms with E-state index in [1.165, 1.54) is 24.9 Å². The maximum Gasteiger partial charge on any atom is 0.122 e. The zero-order valence-corrected chi connectivity index (χ0v) is 11.0. The van der Waals surface area contributed by atoms with Crippen molar-refractivity contribution in [3.63, 3.8) is 0 Å². The summed E-state index contributed by atoms with van der Waals surface area (Å²) in [6, 6.07) is 4.04. The van der Waals surface area contributed by atoms with Crippen molar-refractivity contribution < 1.29 is 0 Å². The molecule has 1 fully saturated rings. The second-order valence-electron chi connectivity index (χ2n) is 4.79. The molecule has 1 aliphatic rings. The van der Waals surface area contributed by atoms with Gasteiger partial charge in [0.05, 0.1) is 5.69 Å². The first-order chi connectivity index (χ1) is 8.16. The smallest absolute Gasteiger partial charge is 0.122 e. The largest absolute Gasteiger partial charge is 0.388 e. The Morgan fingerprint density at radius 1 is 1.47 bits per heavy atom. The maximum atomic E-state index is 5.62. The van der Waals surface area contributed by atoms with Crippen LogP contribution in [-0.2, 0) is 0 Å². The number of aromatic nitrogens is 1. The van der Waals surface area contributed by atoms with E-state index in [-0.39, 0.29) is 0 Å². The lowest BCUT2D eigenvalue weighted by Gasteiger charge is -2.23. The van der Waals surface area contributed by atoms with Gasteiger partial charge in [0.1, 0.15) is 4.99 Å². The highest BCUT2D eigenvalue weighted by Gasteiger charge is 2.14. The third-order valence-corrected chi connectivity index (χ3v) is 3.59. The first kappa shape index (κ1) is 12.3. The molecule has 0 aliphatic carbocycles. The lowest BCUT2D eigenvalue weighted by atomic mass is 10.0. The van der Waals surface area contributed by atoms with Crippen molar-refractivity contribution in [1.29, 1.82) is 0 Å². The molecule has 1 atom stereocenters. The number of hydrogen-bond donors (Lipinski definition) is 1. The van der Waals surface area contributed by atoms with E-state index < -0.39 is 0 Å². The van der Waals surface area contributed by atoms with Crippen LogP contribution in [0.1, 0.15) is 31.9 Å². The van der Waals surface area contributed by atoms with E-state index >= 15 is 0 Å². The van der Waals surface area contributed by atoms with E-state index in [0.29, 0.717) is 4.99 Å². The first-order valence-electron chi connectivity index (χ1n) is 6.17. The topological polar surface area (TPSA) is 42.2 Å². The standard InChI is InChI=1S/C13H19N3S/c1-10-3-2-7-16(8-5-10)11-4-6-15-12(9-11)13(14)17/h4,6,9-10H,2-3,5,7-8H2,1H3,(H2,14,17). The Balaban J connectivity index is 2.15. The summed E-state index contributed by atoms with van der Waals surface area (Å²) < 4.78 is 0. The van der Waals surface area contributed by atoms with Gasteiger partial charge in [-0.05, 0) is 37.3 Å². The minimum atomic E-state index is 0.370. The van der Waals surface area contributed by atoms with Gasteiger partial charge in [-0.2, -0.15) is 0 Å². The van der Waals surface area contributed by atoms with Crippen molar-refractivity contribution in [3.8, 4) is 0 Å². The fraction of sp³-hybridized carbons (Fsp3) is 0.538. The number of pyridine rings is 1. The number of rotatable bonds is 2. The molecule has 1 aliphatic heterocycles. The van der Waals surface area contributed by atoms with Gasteiger partial charge in [0, 0.05) is 25.0 Å². The molecule has 17 heavy (non-hydrogen) atoms. The lowest BCUT2D eigenvalue weighted by molar-refractivity contribution is 0.521. The summed E-state index contributed by atoms with van der Waals surface area (Å²) in [5.74, 6) is 0.830. The second kappa shape index (κ2) is 5.45. The molecule has 2 N–H and O–H groups in total. The van der Waals surface area contributed by atoms with Crippen LogP contribution >= 0.6 is 12.2 Å².